The summed E-state index contributed by atoms with van der Waals surface area (Å²) in [6, 6.07) is 0. The van der Waals surface area contributed by atoms with Gasteiger partial charge in [0.1, 0.15) is 24.3 Å². The first kappa shape index (κ1) is 27.9. The lowest BCUT2D eigenvalue weighted by Crippen LogP contribution is -2.65. The van der Waals surface area contributed by atoms with Crippen LogP contribution in [-0.4, -0.2) is 48.9 Å². The molecule has 0 aromatic carbocycles. The number of methoxy groups -OCH3 is 1. The van der Waals surface area contributed by atoms with Gasteiger partial charge in [0.2, 0.25) is 0 Å². The minimum atomic E-state index is -1.12. The molecule has 0 amide bonds. The second kappa shape index (κ2) is 9.29. The summed E-state index contributed by atoms with van der Waals surface area (Å²) in [7, 11) is 1.60. The van der Waals surface area contributed by atoms with E-state index in [1.807, 2.05) is 53.7 Å². The summed E-state index contributed by atoms with van der Waals surface area (Å²) in [6.45, 7) is 15.8. The minimum absolute atomic E-state index is 0.000236. The van der Waals surface area contributed by atoms with Crippen LogP contribution in [0.25, 0.3) is 0 Å². The zero-order valence-electron chi connectivity index (χ0n) is 23.0. The number of ether oxygens (including phenoxy) is 4. The molecule has 3 aliphatic rings. The number of rotatable bonds is 10. The molecule has 1 saturated carbocycles. The van der Waals surface area contributed by atoms with Gasteiger partial charge in [-0.1, -0.05) is 39.8 Å². The number of carbonyl (C=O) groups excluding carboxylic acids is 3. The summed E-state index contributed by atoms with van der Waals surface area (Å²) < 4.78 is 21.9. The van der Waals surface area contributed by atoms with Crippen LogP contribution in [0.5, 0.6) is 0 Å². The van der Waals surface area contributed by atoms with E-state index >= 15 is 0 Å². The highest BCUT2D eigenvalue weighted by atomic mass is 16.8. The Morgan fingerprint density at radius 1 is 1.20 bits per heavy atom. The Morgan fingerprint density at radius 2 is 1.86 bits per heavy atom. The first-order valence-electron chi connectivity index (χ1n) is 12.8. The highest BCUT2D eigenvalue weighted by molar-refractivity contribution is 6.13. The van der Waals surface area contributed by atoms with Crippen LogP contribution in [0.15, 0.2) is 12.2 Å². The van der Waals surface area contributed by atoms with Gasteiger partial charge in [-0.3, -0.25) is 9.59 Å². The summed E-state index contributed by atoms with van der Waals surface area (Å²) in [4.78, 5) is 40.3. The smallest absolute Gasteiger partial charge is 0.427 e. The number of Topliss-reactive ketones (excluding diaryl/α,β-unsaturated/α-hetero) is 2. The Morgan fingerprint density at radius 3 is 2.40 bits per heavy atom. The third kappa shape index (κ3) is 4.71. The Balaban J connectivity index is 2.04. The molecule has 2 fully saturated rings. The lowest BCUT2D eigenvalue weighted by Gasteiger charge is -2.60. The van der Waals surface area contributed by atoms with E-state index < -0.39 is 39.7 Å². The van der Waals surface area contributed by atoms with Crippen molar-refractivity contribution in [1.29, 1.82) is 0 Å². The molecule has 2 bridgehead atoms. The van der Waals surface area contributed by atoms with Gasteiger partial charge in [0.05, 0.1) is 16.4 Å². The number of hydrogen-bond donors (Lipinski definition) is 0. The fourth-order valence-electron chi connectivity index (χ4n) is 6.54. The Kier molecular flexibility index (Phi) is 7.39. The molecule has 0 radical (unpaired) electrons. The number of hydrogen-bond acceptors (Lipinski definition) is 7. The molecule has 1 aliphatic heterocycles. The summed E-state index contributed by atoms with van der Waals surface area (Å²) in [5.74, 6) is -0.216. The average Bonchev–Trinajstić information content (AvgIpc) is 3.00. The molecule has 0 N–H and O–H groups in total. The van der Waals surface area contributed by atoms with Gasteiger partial charge in [0, 0.05) is 19.4 Å². The highest BCUT2D eigenvalue weighted by Crippen LogP contribution is 2.65. The van der Waals surface area contributed by atoms with Crippen LogP contribution < -0.4 is 0 Å². The Bertz CT molecular complexity index is 884. The Labute approximate surface area is 210 Å². The van der Waals surface area contributed by atoms with E-state index in [1.165, 1.54) is 0 Å². The van der Waals surface area contributed by atoms with E-state index in [4.69, 9.17) is 18.9 Å². The van der Waals surface area contributed by atoms with Crippen LogP contribution >= 0.6 is 0 Å². The molecule has 198 valence electrons. The number of allylic oxidation sites excluding steroid dienone is 2. The van der Waals surface area contributed by atoms with Gasteiger partial charge in [0.25, 0.3) is 0 Å². The van der Waals surface area contributed by atoms with Gasteiger partial charge in [-0.25, -0.2) is 4.79 Å². The van der Waals surface area contributed by atoms with Gasteiger partial charge in [0.15, 0.2) is 5.78 Å². The first-order valence-corrected chi connectivity index (χ1v) is 12.8. The maximum absolute atomic E-state index is 14.5. The van der Waals surface area contributed by atoms with Crippen molar-refractivity contribution in [2.24, 2.45) is 28.1 Å². The van der Waals surface area contributed by atoms with Gasteiger partial charge in [-0.05, 0) is 64.7 Å². The highest BCUT2D eigenvalue weighted by Gasteiger charge is 2.69. The molecule has 2 aliphatic carbocycles. The normalized spacial score (nSPS) is 33.5. The molecule has 7 nitrogen and oxygen atoms in total. The number of fused-ring (bicyclic) bond motifs is 2. The van der Waals surface area contributed by atoms with Crippen LogP contribution in [0, 0.1) is 28.1 Å². The molecular formula is C28H44O7. The third-order valence-electron chi connectivity index (χ3n) is 8.95. The second-order valence-electron chi connectivity index (χ2n) is 12.8. The van der Waals surface area contributed by atoms with Crippen LogP contribution in [0.2, 0.25) is 0 Å². The molecule has 4 atom stereocenters. The lowest BCUT2D eigenvalue weighted by molar-refractivity contribution is -0.174. The maximum atomic E-state index is 14.5. The van der Waals surface area contributed by atoms with Gasteiger partial charge in [-0.2, -0.15) is 0 Å². The molecule has 1 heterocycles. The van der Waals surface area contributed by atoms with Crippen LogP contribution in [0.3, 0.4) is 0 Å². The topological polar surface area (TPSA) is 88.1 Å². The standard InChI is InChI=1S/C28H44O7/c1-18(2)21(29)28-13-10-12-27(22(28)30,16-20-26(7,8)35-23(31)34-20)15-19(25(28,5)6)11-14-24(3,4)33-17-32-9/h10,12,18-20H,11,13-17H2,1-9H3/t19-,20-,27-,28+/m0/s1. The monoisotopic (exact) mass is 492 g/mol. The van der Waals surface area contributed by atoms with E-state index in [9.17, 15) is 14.4 Å². The lowest BCUT2D eigenvalue weighted by atomic mass is 9.40. The largest absolute Gasteiger partial charge is 0.509 e. The summed E-state index contributed by atoms with van der Waals surface area (Å²) in [5.41, 5.74) is -3.81. The van der Waals surface area contributed by atoms with Crippen molar-refractivity contribution in [3.8, 4) is 0 Å². The molecule has 0 unspecified atom stereocenters. The molecule has 3 rings (SSSR count). The van der Waals surface area contributed by atoms with E-state index in [0.29, 0.717) is 19.3 Å². The van der Waals surface area contributed by atoms with E-state index in [1.54, 1.807) is 7.11 Å². The predicted octanol–water partition coefficient (Wildman–Crippen LogP) is 5.64. The summed E-state index contributed by atoms with van der Waals surface area (Å²) in [6.07, 6.45) is 5.57. The van der Waals surface area contributed by atoms with Crippen molar-refractivity contribution in [3.05, 3.63) is 12.2 Å². The zero-order valence-corrected chi connectivity index (χ0v) is 23.0. The zero-order chi connectivity index (χ0) is 26.4. The summed E-state index contributed by atoms with van der Waals surface area (Å²) >= 11 is 0. The van der Waals surface area contributed by atoms with Crippen molar-refractivity contribution >= 4 is 17.7 Å². The quantitative estimate of drug-likeness (QED) is 0.169. The van der Waals surface area contributed by atoms with Crippen LogP contribution in [0.4, 0.5) is 4.79 Å². The average molecular weight is 493 g/mol. The minimum Gasteiger partial charge on any atom is -0.427 e. The third-order valence-corrected chi connectivity index (χ3v) is 8.95. The number of ketones is 2. The maximum Gasteiger partial charge on any atom is 0.509 e. The SMILES string of the molecule is COCOC(C)(C)CC[C@H]1C[C@]2(C[C@@H]3OC(=O)OC3(C)C)C=CC[C@@](C(=O)C(C)C)(C2=O)C1(C)C. The second-order valence-corrected chi connectivity index (χ2v) is 12.8. The number of carbonyl (C=O) groups is 3. The fraction of sp³-hybridized carbons (Fsp3) is 0.821. The van der Waals surface area contributed by atoms with E-state index in [2.05, 4.69) is 13.8 Å². The fourth-order valence-corrected chi connectivity index (χ4v) is 6.54. The molecular weight excluding hydrogens is 448 g/mol. The molecule has 0 aromatic heterocycles. The van der Waals surface area contributed by atoms with Crippen molar-refractivity contribution in [3.63, 3.8) is 0 Å². The van der Waals surface area contributed by atoms with Crippen molar-refractivity contribution in [1.82, 2.24) is 0 Å². The van der Waals surface area contributed by atoms with Crippen molar-refractivity contribution in [2.45, 2.75) is 105 Å². The number of cyclic esters (lactones) is 2. The van der Waals surface area contributed by atoms with Crippen LogP contribution in [0.1, 0.15) is 87.5 Å². The van der Waals surface area contributed by atoms with Gasteiger partial charge >= 0.3 is 6.16 Å². The van der Waals surface area contributed by atoms with Crippen molar-refractivity contribution in [2.75, 3.05) is 13.9 Å². The molecule has 1 saturated heterocycles. The summed E-state index contributed by atoms with van der Waals surface area (Å²) in [5, 5.41) is 0. The van der Waals surface area contributed by atoms with Gasteiger partial charge in [-0.15, -0.1) is 0 Å². The molecule has 7 heteroatoms. The Hall–Kier alpha value is -1.73. The molecule has 0 spiro atoms. The molecule has 0 aromatic rings. The van der Waals surface area contributed by atoms with Crippen LogP contribution in [-0.2, 0) is 28.5 Å². The van der Waals surface area contributed by atoms with E-state index in [0.717, 1.165) is 12.8 Å². The van der Waals surface area contributed by atoms with Crippen molar-refractivity contribution < 1.29 is 33.3 Å². The predicted molar refractivity (Wildman–Crippen MR) is 132 cm³/mol. The first-order chi connectivity index (χ1) is 16.0. The van der Waals surface area contributed by atoms with Gasteiger partial charge < -0.3 is 18.9 Å². The molecule has 35 heavy (non-hydrogen) atoms. The van der Waals surface area contributed by atoms with E-state index in [-0.39, 0.29) is 30.2 Å².